The first-order valence-electron chi connectivity index (χ1n) is 18.7. The lowest BCUT2D eigenvalue weighted by atomic mass is 10.0. The van der Waals surface area contributed by atoms with Gasteiger partial charge >= 0.3 is 12.2 Å². The van der Waals surface area contributed by atoms with E-state index >= 15 is 0 Å². The second-order valence-corrected chi connectivity index (χ2v) is 14.8. The van der Waals surface area contributed by atoms with Crippen LogP contribution >= 0.6 is 0 Å². The number of hydrogen-bond donors (Lipinski definition) is 5. The molecule has 6 rings (SSSR count). The van der Waals surface area contributed by atoms with E-state index in [1.807, 2.05) is 76.2 Å². The van der Waals surface area contributed by atoms with E-state index in [1.165, 1.54) is 14.2 Å². The molecule has 0 bridgehead atoms. The number of carbonyl (C=O) groups is 4. The number of amides is 4. The number of aromatic amines is 2. The molecule has 2 aromatic carbocycles. The number of nitrogens with zero attached hydrogens (tertiary/aromatic N) is 4. The number of hydrogen-bond acceptors (Lipinski definition) is 9. The number of aliphatic hydroxyl groups excluding tert-OH is 1. The lowest BCUT2D eigenvalue weighted by Gasteiger charge is -2.30. The van der Waals surface area contributed by atoms with Crippen molar-refractivity contribution in [3.63, 3.8) is 0 Å². The Morgan fingerprint density at radius 1 is 0.709 bits per heavy atom. The van der Waals surface area contributed by atoms with Gasteiger partial charge in [-0.05, 0) is 46.9 Å². The fraction of sp³-hybridized carbons (Fsp3) is 0.450. The van der Waals surface area contributed by atoms with Gasteiger partial charge in [-0.25, -0.2) is 19.6 Å². The second-order valence-electron chi connectivity index (χ2n) is 14.8. The molecule has 2 fully saturated rings. The first-order chi connectivity index (χ1) is 26.4. The van der Waals surface area contributed by atoms with Crippen molar-refractivity contribution in [3.05, 3.63) is 72.6 Å². The molecule has 0 spiro atoms. The summed E-state index contributed by atoms with van der Waals surface area (Å²) in [7, 11) is 2.53. The van der Waals surface area contributed by atoms with Crippen molar-refractivity contribution in [2.45, 2.75) is 77.2 Å². The molecule has 55 heavy (non-hydrogen) atoms. The first kappa shape index (κ1) is 39.0. The fourth-order valence-corrected chi connectivity index (χ4v) is 7.38. The number of rotatable bonds is 11. The van der Waals surface area contributed by atoms with Crippen molar-refractivity contribution in [2.75, 3.05) is 27.3 Å². The summed E-state index contributed by atoms with van der Waals surface area (Å²) in [5, 5.41) is 15.8. The van der Waals surface area contributed by atoms with Crippen LogP contribution in [0.5, 0.6) is 0 Å². The highest BCUT2D eigenvalue weighted by Crippen LogP contribution is 2.35. The molecule has 15 nitrogen and oxygen atoms in total. The van der Waals surface area contributed by atoms with Crippen LogP contribution in [0.25, 0.3) is 33.6 Å². The van der Waals surface area contributed by atoms with E-state index in [1.54, 1.807) is 22.2 Å². The maximum atomic E-state index is 13.6. The summed E-state index contributed by atoms with van der Waals surface area (Å²) in [6.45, 7) is 8.19. The van der Waals surface area contributed by atoms with E-state index in [0.717, 1.165) is 46.5 Å². The average Bonchev–Trinajstić information content (AvgIpc) is 4.02. The lowest BCUT2D eigenvalue weighted by Crippen LogP contribution is -2.51. The molecule has 15 heteroatoms. The molecule has 4 amide bonds. The molecule has 4 aromatic rings. The lowest BCUT2D eigenvalue weighted by molar-refractivity contribution is -0.136. The largest absolute Gasteiger partial charge is 0.453 e. The Labute approximate surface area is 320 Å². The van der Waals surface area contributed by atoms with Gasteiger partial charge in [-0.15, -0.1) is 0 Å². The average molecular weight is 755 g/mol. The third-order valence-corrected chi connectivity index (χ3v) is 10.4. The second kappa shape index (κ2) is 16.8. The van der Waals surface area contributed by atoms with Crippen molar-refractivity contribution >= 4 is 24.0 Å². The van der Waals surface area contributed by atoms with Crippen LogP contribution in [0.1, 0.15) is 70.7 Å². The van der Waals surface area contributed by atoms with Crippen LogP contribution in [0.2, 0.25) is 0 Å². The number of H-pyrrole nitrogens is 2. The Kier molecular flexibility index (Phi) is 11.9. The van der Waals surface area contributed by atoms with Gasteiger partial charge in [0.15, 0.2) is 0 Å². The smallest absolute Gasteiger partial charge is 0.407 e. The van der Waals surface area contributed by atoms with Crippen LogP contribution in [0.4, 0.5) is 9.59 Å². The molecule has 4 heterocycles. The van der Waals surface area contributed by atoms with Crippen molar-refractivity contribution in [1.29, 1.82) is 0 Å². The number of carbonyl (C=O) groups excluding carboxylic acids is 4. The number of nitrogens with one attached hydrogen (secondary N) is 4. The summed E-state index contributed by atoms with van der Waals surface area (Å²) < 4.78 is 9.47. The molecular formula is C40H50N8O7. The number of ether oxygens (including phenoxy) is 2. The van der Waals surface area contributed by atoms with Gasteiger partial charge in [-0.1, -0.05) is 76.2 Å². The third-order valence-electron chi connectivity index (χ3n) is 10.4. The number of benzene rings is 2. The third kappa shape index (κ3) is 8.51. The Balaban J connectivity index is 1.12. The molecule has 0 aliphatic carbocycles. The van der Waals surface area contributed by atoms with Gasteiger partial charge in [0, 0.05) is 19.5 Å². The van der Waals surface area contributed by atoms with E-state index in [0.29, 0.717) is 24.6 Å². The van der Waals surface area contributed by atoms with E-state index in [-0.39, 0.29) is 36.2 Å². The molecule has 1 unspecified atom stereocenters. The van der Waals surface area contributed by atoms with E-state index in [9.17, 15) is 24.3 Å². The molecule has 0 radical (unpaired) electrons. The predicted molar refractivity (Wildman–Crippen MR) is 204 cm³/mol. The summed E-state index contributed by atoms with van der Waals surface area (Å²) in [4.78, 5) is 70.3. The van der Waals surface area contributed by atoms with Crippen LogP contribution in [-0.2, 0) is 19.1 Å². The quantitative estimate of drug-likeness (QED) is 0.137. The monoisotopic (exact) mass is 754 g/mol. The zero-order valence-electron chi connectivity index (χ0n) is 32.0. The van der Waals surface area contributed by atoms with Crippen molar-refractivity contribution in [2.24, 2.45) is 11.8 Å². The highest BCUT2D eigenvalue weighted by molar-refractivity contribution is 5.87. The summed E-state index contributed by atoms with van der Waals surface area (Å²) in [5.74, 6) is 0.508. The number of aliphatic hydroxyl groups is 1. The van der Waals surface area contributed by atoms with E-state index in [4.69, 9.17) is 9.47 Å². The highest BCUT2D eigenvalue weighted by Gasteiger charge is 2.41. The van der Waals surface area contributed by atoms with Crippen molar-refractivity contribution < 1.29 is 33.8 Å². The molecular weight excluding hydrogens is 704 g/mol. The summed E-state index contributed by atoms with van der Waals surface area (Å²) >= 11 is 0. The normalized spacial score (nSPS) is 19.4. The van der Waals surface area contributed by atoms with Crippen LogP contribution in [-0.4, -0.2) is 104 Å². The molecule has 5 N–H and O–H groups in total. The molecule has 292 valence electrons. The molecule has 2 aliphatic heterocycles. The number of imidazole rings is 2. The number of alkyl carbamates (subject to hydrolysis) is 2. The molecule has 0 saturated carbocycles. The Hall–Kier alpha value is -5.70. The molecule has 2 saturated heterocycles. The Morgan fingerprint density at radius 2 is 1.15 bits per heavy atom. The summed E-state index contributed by atoms with van der Waals surface area (Å²) in [5.41, 5.74) is 5.53. The zero-order valence-corrected chi connectivity index (χ0v) is 32.0. The Morgan fingerprint density at radius 3 is 1.60 bits per heavy atom. The van der Waals surface area contributed by atoms with Gasteiger partial charge in [0.1, 0.15) is 23.7 Å². The van der Waals surface area contributed by atoms with Gasteiger partial charge < -0.3 is 45.0 Å². The van der Waals surface area contributed by atoms with Crippen molar-refractivity contribution in [1.82, 2.24) is 40.4 Å². The number of aromatic nitrogens is 4. The van der Waals surface area contributed by atoms with Crippen LogP contribution < -0.4 is 10.6 Å². The minimum absolute atomic E-state index is 0.113. The van der Waals surface area contributed by atoms with Gasteiger partial charge in [0.2, 0.25) is 11.8 Å². The minimum Gasteiger partial charge on any atom is -0.453 e. The number of likely N-dealkylation sites (tertiary alicyclic amines) is 2. The highest BCUT2D eigenvalue weighted by atomic mass is 16.5. The fourth-order valence-electron chi connectivity index (χ4n) is 7.38. The molecule has 2 aromatic heterocycles. The zero-order chi connectivity index (χ0) is 39.4. The molecule has 5 atom stereocenters. The minimum atomic E-state index is -0.810. The van der Waals surface area contributed by atoms with Gasteiger partial charge in [-0.2, -0.15) is 0 Å². The molecule has 2 aliphatic rings. The number of β-amino-alcohol motifs (C(OH)–C–C–N with tert-alkyl or cyclic N) is 1. The topological polar surface area (TPSA) is 195 Å². The van der Waals surface area contributed by atoms with Gasteiger partial charge in [0.25, 0.3) is 0 Å². The summed E-state index contributed by atoms with van der Waals surface area (Å²) in [6, 6.07) is 14.0. The van der Waals surface area contributed by atoms with E-state index in [2.05, 4.69) is 30.6 Å². The maximum Gasteiger partial charge on any atom is 0.407 e. The SMILES string of the molecule is COC(=O)NC(C(=O)N1CCC[C@H]1c1ncc(-c2ccc(-c3ccc(-c4cnc([C@@H]5C[C@@H](O)CN5C(=O)[C@@H](NC(=O)OC)C(C)C)[nH]4)cc3)cc2)[nH]1)C(C)C. The van der Waals surface area contributed by atoms with Gasteiger partial charge in [0.05, 0.1) is 56.2 Å². The number of methoxy groups -OCH3 is 2. The standard InChI is InChI=1S/C40H50N8O7/c1-22(2)33(45-39(52)54-5)37(50)47-17-7-8-31(47)35-41-19-29(43-35)26-13-9-24(10-14-26)25-11-15-27(16-12-25)30-20-42-36(44-30)32-18-28(49)21-48(32)38(51)34(23(3)4)46-40(53)55-6/h9-16,19-20,22-23,28,31-34,49H,7-8,17-18,21H2,1-6H3,(H,41,43)(H,42,44)(H,45,52)(H,46,53)/t28-,31+,32+,33?,34+/m1/s1. The first-order valence-corrected chi connectivity index (χ1v) is 18.7. The van der Waals surface area contributed by atoms with E-state index < -0.39 is 36.4 Å². The predicted octanol–water partition coefficient (Wildman–Crippen LogP) is 5.19. The van der Waals surface area contributed by atoms with Crippen LogP contribution in [0.3, 0.4) is 0 Å². The Bertz CT molecular complexity index is 1970. The summed E-state index contributed by atoms with van der Waals surface area (Å²) in [6.07, 6.45) is 3.40. The van der Waals surface area contributed by atoms with Crippen molar-refractivity contribution in [3.8, 4) is 33.6 Å². The van der Waals surface area contributed by atoms with Crippen LogP contribution in [0, 0.1) is 11.8 Å². The van der Waals surface area contributed by atoms with Crippen LogP contribution in [0.15, 0.2) is 60.9 Å². The maximum absolute atomic E-state index is 13.6. The van der Waals surface area contributed by atoms with Gasteiger partial charge in [-0.3, -0.25) is 9.59 Å².